The van der Waals surface area contributed by atoms with E-state index in [1.54, 1.807) is 18.2 Å². The third-order valence-corrected chi connectivity index (χ3v) is 3.75. The number of esters is 1. The van der Waals surface area contributed by atoms with Crippen molar-refractivity contribution in [1.29, 1.82) is 0 Å². The van der Waals surface area contributed by atoms with Crippen LogP contribution in [0, 0.1) is 6.92 Å². The van der Waals surface area contributed by atoms with E-state index in [0.717, 1.165) is 21.4 Å². The van der Waals surface area contributed by atoms with Crippen LogP contribution < -0.4 is 10.6 Å². The monoisotopic (exact) mass is 376 g/mol. The molecule has 0 bridgehead atoms. The molecule has 5 nitrogen and oxygen atoms in total. The largest absolute Gasteiger partial charge is 0.465 e. The molecule has 0 spiro atoms. The SMILES string of the molecule is COC(=O)c1ccc(C)c(NCC(=O)Nc2ccc(Br)cc2)c1. The van der Waals surface area contributed by atoms with Crippen molar-refractivity contribution < 1.29 is 14.3 Å². The molecule has 0 heterocycles. The minimum atomic E-state index is -0.410. The van der Waals surface area contributed by atoms with E-state index in [4.69, 9.17) is 4.74 Å². The summed E-state index contributed by atoms with van der Waals surface area (Å²) >= 11 is 3.34. The van der Waals surface area contributed by atoms with Crippen molar-refractivity contribution >= 4 is 39.2 Å². The van der Waals surface area contributed by atoms with Gasteiger partial charge in [0, 0.05) is 15.8 Å². The molecule has 2 rings (SSSR count). The van der Waals surface area contributed by atoms with Gasteiger partial charge in [-0.3, -0.25) is 4.79 Å². The Bertz CT molecular complexity index is 714. The van der Waals surface area contributed by atoms with Gasteiger partial charge in [-0.15, -0.1) is 0 Å². The number of carbonyl (C=O) groups is 2. The zero-order valence-corrected chi connectivity index (χ0v) is 14.4. The van der Waals surface area contributed by atoms with E-state index < -0.39 is 5.97 Å². The Morgan fingerprint density at radius 1 is 1.13 bits per heavy atom. The third-order valence-electron chi connectivity index (χ3n) is 3.23. The van der Waals surface area contributed by atoms with Crippen molar-refractivity contribution in [3.8, 4) is 0 Å². The highest BCUT2D eigenvalue weighted by Gasteiger charge is 2.09. The lowest BCUT2D eigenvalue weighted by molar-refractivity contribution is -0.114. The number of hydrogen-bond donors (Lipinski definition) is 2. The first-order valence-corrected chi connectivity index (χ1v) is 7.77. The molecular formula is C17H17BrN2O3. The molecule has 120 valence electrons. The van der Waals surface area contributed by atoms with E-state index in [2.05, 4.69) is 26.6 Å². The molecular weight excluding hydrogens is 360 g/mol. The van der Waals surface area contributed by atoms with Gasteiger partial charge in [0.15, 0.2) is 0 Å². The highest BCUT2D eigenvalue weighted by molar-refractivity contribution is 9.10. The molecule has 1 amide bonds. The topological polar surface area (TPSA) is 67.4 Å². The smallest absolute Gasteiger partial charge is 0.337 e. The number of anilines is 2. The summed E-state index contributed by atoms with van der Waals surface area (Å²) in [6, 6.07) is 12.5. The average molecular weight is 377 g/mol. The van der Waals surface area contributed by atoms with Crippen LogP contribution in [0.15, 0.2) is 46.9 Å². The first kappa shape index (κ1) is 17.0. The number of halogens is 1. The number of nitrogens with one attached hydrogen (secondary N) is 2. The summed E-state index contributed by atoms with van der Waals surface area (Å²) in [5.74, 6) is -0.581. The summed E-state index contributed by atoms with van der Waals surface area (Å²) in [5.41, 5.74) is 2.82. The Morgan fingerprint density at radius 2 is 1.83 bits per heavy atom. The van der Waals surface area contributed by atoms with Gasteiger partial charge in [-0.25, -0.2) is 4.79 Å². The standard InChI is InChI=1S/C17H17BrN2O3/c1-11-3-4-12(17(22)23-2)9-15(11)19-10-16(21)20-14-7-5-13(18)6-8-14/h3-9,19H,10H2,1-2H3,(H,20,21). The summed E-state index contributed by atoms with van der Waals surface area (Å²) in [4.78, 5) is 23.5. The summed E-state index contributed by atoms with van der Waals surface area (Å²) in [5, 5.41) is 5.83. The molecule has 2 aromatic rings. The fraction of sp³-hybridized carbons (Fsp3) is 0.176. The molecule has 0 unspecified atom stereocenters. The molecule has 0 atom stereocenters. The summed E-state index contributed by atoms with van der Waals surface area (Å²) in [6.45, 7) is 2.00. The summed E-state index contributed by atoms with van der Waals surface area (Å²) < 4.78 is 5.64. The molecule has 0 aliphatic rings. The maximum absolute atomic E-state index is 12.0. The lowest BCUT2D eigenvalue weighted by atomic mass is 10.1. The van der Waals surface area contributed by atoms with Gasteiger partial charge >= 0.3 is 5.97 Å². The molecule has 2 aromatic carbocycles. The van der Waals surface area contributed by atoms with E-state index in [1.807, 2.05) is 31.2 Å². The van der Waals surface area contributed by atoms with Crippen molar-refractivity contribution in [2.45, 2.75) is 6.92 Å². The third kappa shape index (κ3) is 4.82. The second-order valence-corrected chi connectivity index (χ2v) is 5.85. The number of benzene rings is 2. The first-order valence-electron chi connectivity index (χ1n) is 6.98. The number of rotatable bonds is 5. The number of ether oxygens (including phenoxy) is 1. The highest BCUT2D eigenvalue weighted by Crippen LogP contribution is 2.18. The first-order chi connectivity index (χ1) is 11.0. The van der Waals surface area contributed by atoms with E-state index >= 15 is 0 Å². The quantitative estimate of drug-likeness (QED) is 0.782. The Labute approximate surface area is 143 Å². The van der Waals surface area contributed by atoms with E-state index in [9.17, 15) is 9.59 Å². The average Bonchev–Trinajstić information content (AvgIpc) is 2.55. The number of aryl methyl sites for hydroxylation is 1. The van der Waals surface area contributed by atoms with Crippen molar-refractivity contribution in [2.75, 3.05) is 24.3 Å². The van der Waals surface area contributed by atoms with Crippen molar-refractivity contribution in [2.24, 2.45) is 0 Å². The fourth-order valence-corrected chi connectivity index (χ4v) is 2.24. The van der Waals surface area contributed by atoms with Crippen LogP contribution in [-0.4, -0.2) is 25.5 Å². The molecule has 0 aliphatic carbocycles. The van der Waals surface area contributed by atoms with Crippen LogP contribution in [0.25, 0.3) is 0 Å². The summed E-state index contributed by atoms with van der Waals surface area (Å²) in [6.07, 6.45) is 0. The van der Waals surface area contributed by atoms with E-state index in [-0.39, 0.29) is 12.5 Å². The molecule has 2 N–H and O–H groups in total. The van der Waals surface area contributed by atoms with Crippen LogP contribution in [0.4, 0.5) is 11.4 Å². The molecule has 0 radical (unpaired) electrons. The van der Waals surface area contributed by atoms with Crippen LogP contribution in [-0.2, 0) is 9.53 Å². The van der Waals surface area contributed by atoms with E-state index in [1.165, 1.54) is 7.11 Å². The van der Waals surface area contributed by atoms with Crippen LogP contribution in [0.3, 0.4) is 0 Å². The lowest BCUT2D eigenvalue weighted by Crippen LogP contribution is -2.22. The maximum atomic E-state index is 12.0. The van der Waals surface area contributed by atoms with Gasteiger partial charge in [-0.2, -0.15) is 0 Å². The zero-order chi connectivity index (χ0) is 16.8. The highest BCUT2D eigenvalue weighted by atomic mass is 79.9. The minimum Gasteiger partial charge on any atom is -0.465 e. The van der Waals surface area contributed by atoms with Crippen LogP contribution in [0.2, 0.25) is 0 Å². The van der Waals surface area contributed by atoms with Gasteiger partial charge in [-0.1, -0.05) is 22.0 Å². The Morgan fingerprint density at radius 3 is 2.48 bits per heavy atom. The van der Waals surface area contributed by atoms with Crippen molar-refractivity contribution in [3.05, 3.63) is 58.1 Å². The summed E-state index contributed by atoms with van der Waals surface area (Å²) in [7, 11) is 1.33. The number of amides is 1. The maximum Gasteiger partial charge on any atom is 0.337 e. The Hall–Kier alpha value is -2.34. The number of carbonyl (C=O) groups excluding carboxylic acids is 2. The number of hydrogen-bond acceptors (Lipinski definition) is 4. The molecule has 0 aromatic heterocycles. The van der Waals surface area contributed by atoms with Gasteiger partial charge in [0.05, 0.1) is 19.2 Å². The zero-order valence-electron chi connectivity index (χ0n) is 12.9. The van der Waals surface area contributed by atoms with Gasteiger partial charge in [0.1, 0.15) is 0 Å². The normalized spacial score (nSPS) is 10.0. The second-order valence-electron chi connectivity index (χ2n) is 4.93. The van der Waals surface area contributed by atoms with Crippen molar-refractivity contribution in [3.63, 3.8) is 0 Å². The van der Waals surface area contributed by atoms with Gasteiger partial charge in [0.2, 0.25) is 5.91 Å². The van der Waals surface area contributed by atoms with Gasteiger partial charge < -0.3 is 15.4 Å². The molecule has 0 saturated carbocycles. The van der Waals surface area contributed by atoms with Crippen LogP contribution >= 0.6 is 15.9 Å². The van der Waals surface area contributed by atoms with Crippen LogP contribution in [0.5, 0.6) is 0 Å². The second kappa shape index (κ2) is 7.78. The molecule has 6 heteroatoms. The van der Waals surface area contributed by atoms with E-state index in [0.29, 0.717) is 5.56 Å². The molecule has 0 fully saturated rings. The number of methoxy groups -OCH3 is 1. The predicted molar refractivity (Wildman–Crippen MR) is 93.8 cm³/mol. The Balaban J connectivity index is 1.98. The van der Waals surface area contributed by atoms with Crippen LogP contribution in [0.1, 0.15) is 15.9 Å². The van der Waals surface area contributed by atoms with Crippen molar-refractivity contribution in [1.82, 2.24) is 0 Å². The molecule has 0 saturated heterocycles. The fourth-order valence-electron chi connectivity index (χ4n) is 1.97. The lowest BCUT2D eigenvalue weighted by Gasteiger charge is -2.11. The molecule has 0 aliphatic heterocycles. The minimum absolute atomic E-state index is 0.0987. The van der Waals surface area contributed by atoms with Gasteiger partial charge in [0.25, 0.3) is 0 Å². The predicted octanol–water partition coefficient (Wildman–Crippen LogP) is 3.59. The molecule has 23 heavy (non-hydrogen) atoms. The Kier molecular flexibility index (Phi) is 5.76. The van der Waals surface area contributed by atoms with Gasteiger partial charge in [-0.05, 0) is 48.9 Å².